The molecule has 0 aliphatic rings. The van der Waals surface area contributed by atoms with E-state index in [9.17, 15) is 0 Å². The van der Waals surface area contributed by atoms with Crippen LogP contribution in [0.25, 0.3) is 0 Å². The Kier molecular flexibility index (Phi) is 35.3. The first-order valence-corrected chi connectivity index (χ1v) is 8.25. The Morgan fingerprint density at radius 2 is 1.19 bits per heavy atom. The van der Waals surface area contributed by atoms with Crippen LogP contribution in [0, 0.1) is 12.0 Å². The zero-order valence-corrected chi connectivity index (χ0v) is 18.9. The quantitative estimate of drug-likeness (QED) is 0.487. The van der Waals surface area contributed by atoms with Crippen molar-refractivity contribution < 1.29 is 32.7 Å². The zero-order valence-electron chi connectivity index (χ0n) is 16.1. The van der Waals surface area contributed by atoms with Crippen LogP contribution in [0.1, 0.15) is 93.1 Å². The van der Waals surface area contributed by atoms with Crippen LogP contribution >= 0.6 is 0 Å². The summed E-state index contributed by atoms with van der Waals surface area (Å²) in [7, 11) is 0. The van der Waals surface area contributed by atoms with E-state index in [1.165, 1.54) is 30.7 Å². The maximum Gasteiger partial charge on any atom is 0 e. The third-order valence-electron chi connectivity index (χ3n) is 2.20. The first kappa shape index (κ1) is 29.3. The van der Waals surface area contributed by atoms with Crippen LogP contribution in [-0.2, 0) is 32.7 Å². The molecular formula is C20H38Y-2. The first-order chi connectivity index (χ1) is 9.53. The van der Waals surface area contributed by atoms with Crippen molar-refractivity contribution in [2.24, 2.45) is 0 Å². The molecule has 0 N–H and O–H groups in total. The van der Waals surface area contributed by atoms with E-state index in [0.717, 1.165) is 5.92 Å². The van der Waals surface area contributed by atoms with E-state index in [0.29, 0.717) is 0 Å². The normalized spacial score (nSPS) is 8.33. The van der Waals surface area contributed by atoms with Crippen LogP contribution in [0.2, 0.25) is 0 Å². The molecule has 0 amide bonds. The van der Waals surface area contributed by atoms with E-state index in [4.69, 9.17) is 0 Å². The topological polar surface area (TPSA) is 0 Å². The molecule has 0 saturated heterocycles. The van der Waals surface area contributed by atoms with Crippen LogP contribution in [0.3, 0.4) is 0 Å². The third kappa shape index (κ3) is 25.6. The van der Waals surface area contributed by atoms with Gasteiger partial charge in [0, 0.05) is 32.7 Å². The molecule has 0 saturated carbocycles. The van der Waals surface area contributed by atoms with Gasteiger partial charge < -0.3 is 5.92 Å². The Labute approximate surface area is 161 Å². The van der Waals surface area contributed by atoms with Crippen molar-refractivity contribution >= 4 is 0 Å². The molecular weight excluding hydrogens is 329 g/mol. The van der Waals surface area contributed by atoms with E-state index in [1.807, 2.05) is 26.0 Å². The molecule has 0 unspecified atom stereocenters. The van der Waals surface area contributed by atoms with Gasteiger partial charge in [0.25, 0.3) is 0 Å². The van der Waals surface area contributed by atoms with Gasteiger partial charge in [-0.2, -0.15) is 56.7 Å². The van der Waals surface area contributed by atoms with Gasteiger partial charge in [-0.3, -0.25) is 0 Å². The van der Waals surface area contributed by atoms with E-state index in [-0.39, 0.29) is 32.7 Å². The van der Waals surface area contributed by atoms with Gasteiger partial charge in [0.05, 0.1) is 0 Å². The molecule has 0 heterocycles. The summed E-state index contributed by atoms with van der Waals surface area (Å²) < 4.78 is 0. The third-order valence-corrected chi connectivity index (χ3v) is 2.20. The van der Waals surface area contributed by atoms with Crippen molar-refractivity contribution in [3.8, 4) is 0 Å². The molecule has 0 atom stereocenters. The van der Waals surface area contributed by atoms with Gasteiger partial charge >= 0.3 is 0 Å². The summed E-state index contributed by atoms with van der Waals surface area (Å²) in [6.45, 7) is 19.0. The van der Waals surface area contributed by atoms with E-state index in [1.54, 1.807) is 0 Å². The predicted octanol–water partition coefficient (Wildman–Crippen LogP) is 7.45. The summed E-state index contributed by atoms with van der Waals surface area (Å²) >= 11 is 0. The fraction of sp³-hybridized carbons (Fsp3) is 0.650. The van der Waals surface area contributed by atoms with E-state index in [2.05, 4.69) is 66.7 Å². The Balaban J connectivity index is -0.000000122. The molecule has 123 valence electrons. The van der Waals surface area contributed by atoms with E-state index >= 15 is 0 Å². The number of benzene rings is 1. The second kappa shape index (κ2) is 25.3. The minimum Gasteiger partial charge on any atom is -0.323 e. The SMILES string of the molecule is CC.CCC.CCC(CC)c1cc[c-]cc1.C[C-](C)C.[Y]. The molecule has 0 aliphatic heterocycles. The maximum atomic E-state index is 3.04. The van der Waals surface area contributed by atoms with E-state index < -0.39 is 0 Å². The molecule has 1 rings (SSSR count). The predicted molar refractivity (Wildman–Crippen MR) is 96.2 cm³/mol. The summed E-state index contributed by atoms with van der Waals surface area (Å²) in [6, 6.07) is 11.4. The zero-order chi connectivity index (χ0) is 16.4. The van der Waals surface area contributed by atoms with Crippen LogP contribution in [0.5, 0.6) is 0 Å². The second-order valence-corrected chi connectivity index (χ2v) is 5.05. The maximum absolute atomic E-state index is 3.04. The molecule has 0 spiro atoms. The number of hydrogen-bond donors (Lipinski definition) is 0. The Morgan fingerprint density at radius 1 is 0.905 bits per heavy atom. The monoisotopic (exact) mass is 367 g/mol. The molecule has 21 heavy (non-hydrogen) atoms. The molecule has 0 bridgehead atoms. The average Bonchev–Trinajstić information content (AvgIpc) is 2.44. The fourth-order valence-electron chi connectivity index (χ4n) is 1.43. The molecule has 1 radical (unpaired) electrons. The van der Waals surface area contributed by atoms with Gasteiger partial charge in [0.15, 0.2) is 0 Å². The number of hydrogen-bond acceptors (Lipinski definition) is 0. The Morgan fingerprint density at radius 3 is 1.43 bits per heavy atom. The van der Waals surface area contributed by atoms with Crippen molar-refractivity contribution in [1.82, 2.24) is 0 Å². The summed E-state index contributed by atoms with van der Waals surface area (Å²) in [6.07, 6.45) is 3.72. The van der Waals surface area contributed by atoms with Crippen LogP contribution in [-0.4, -0.2) is 0 Å². The molecule has 1 aromatic carbocycles. The molecule has 1 heteroatoms. The molecule has 0 aliphatic carbocycles. The van der Waals surface area contributed by atoms with Crippen molar-refractivity contribution in [2.45, 2.75) is 87.5 Å². The van der Waals surface area contributed by atoms with Gasteiger partial charge in [0.1, 0.15) is 0 Å². The summed E-state index contributed by atoms with van der Waals surface area (Å²) in [5, 5.41) is 0. The van der Waals surface area contributed by atoms with Crippen molar-refractivity contribution in [1.29, 1.82) is 0 Å². The fourth-order valence-corrected chi connectivity index (χ4v) is 1.43. The Bertz CT molecular complexity index is 235. The minimum absolute atomic E-state index is 0. The largest absolute Gasteiger partial charge is 0.323 e. The average molecular weight is 367 g/mol. The first-order valence-electron chi connectivity index (χ1n) is 8.25. The standard InChI is InChI=1S/C11H15.C4H9.C3H8.C2H6.Y/c1-3-10(4-2)11-8-6-5-7-9-11;1-4(2)3;1-3-2;1-2;/h6-10H,3-4H2,1-2H3;1-3H3;3H2,1-2H3;1-2H3;/q2*-1;;;. The number of rotatable bonds is 3. The molecule has 0 fully saturated rings. The molecule has 0 aromatic heterocycles. The minimum atomic E-state index is 0. The van der Waals surface area contributed by atoms with Crippen molar-refractivity contribution in [2.75, 3.05) is 0 Å². The summed E-state index contributed by atoms with van der Waals surface area (Å²) in [5.74, 6) is 2.16. The van der Waals surface area contributed by atoms with Gasteiger partial charge in [-0.1, -0.05) is 60.8 Å². The van der Waals surface area contributed by atoms with Gasteiger partial charge in [-0.15, -0.1) is 0 Å². The molecule has 0 nitrogen and oxygen atoms in total. The van der Waals surface area contributed by atoms with Crippen LogP contribution in [0.15, 0.2) is 24.3 Å². The van der Waals surface area contributed by atoms with Crippen molar-refractivity contribution in [3.05, 3.63) is 41.8 Å². The van der Waals surface area contributed by atoms with Crippen LogP contribution in [0.4, 0.5) is 0 Å². The van der Waals surface area contributed by atoms with Crippen LogP contribution < -0.4 is 0 Å². The van der Waals surface area contributed by atoms with Gasteiger partial charge in [-0.25, -0.2) is 0 Å². The van der Waals surface area contributed by atoms with Gasteiger partial charge in [0.2, 0.25) is 0 Å². The summed E-state index contributed by atoms with van der Waals surface area (Å²) in [4.78, 5) is 0. The smallest absolute Gasteiger partial charge is 0 e. The van der Waals surface area contributed by atoms with Crippen molar-refractivity contribution in [3.63, 3.8) is 0 Å². The Hall–Kier alpha value is 0.324. The van der Waals surface area contributed by atoms with Gasteiger partial charge in [-0.05, 0) is 5.92 Å². The molecule has 1 aromatic rings. The summed E-state index contributed by atoms with van der Waals surface area (Å²) in [5.41, 5.74) is 1.45. The second-order valence-electron chi connectivity index (χ2n) is 5.05.